The van der Waals surface area contributed by atoms with Crippen molar-refractivity contribution in [2.75, 3.05) is 0 Å². The summed E-state index contributed by atoms with van der Waals surface area (Å²) in [4.78, 5) is 0. The molecule has 1 atom stereocenters. The van der Waals surface area contributed by atoms with Crippen molar-refractivity contribution in [2.45, 2.75) is 13.0 Å². The van der Waals surface area contributed by atoms with Gasteiger partial charge in [-0.25, -0.2) is 4.39 Å². The quantitative estimate of drug-likeness (QED) is 0.747. The molecule has 0 amide bonds. The molecular weight excluding hydrogens is 279 g/mol. The average molecular weight is 291 g/mol. The van der Waals surface area contributed by atoms with E-state index in [1.807, 2.05) is 6.92 Å². The molecule has 2 nitrogen and oxygen atoms in total. The minimum Gasteiger partial charge on any atom is -0.458 e. The third-order valence-electron chi connectivity index (χ3n) is 3.37. The van der Waals surface area contributed by atoms with Gasteiger partial charge < -0.3 is 9.52 Å². The molecule has 1 aromatic heterocycles. The van der Waals surface area contributed by atoms with Crippen molar-refractivity contribution in [1.29, 1.82) is 0 Å². The normalized spacial score (nSPS) is 12.8. The Labute approximate surface area is 120 Å². The fourth-order valence-corrected chi connectivity index (χ4v) is 2.42. The van der Waals surface area contributed by atoms with E-state index in [4.69, 9.17) is 16.0 Å². The SMILES string of the molecule is Cc1c(Cl)cccc1C(O)c1cc2cc(F)ccc2o1. The summed E-state index contributed by atoms with van der Waals surface area (Å²) >= 11 is 6.05. The highest BCUT2D eigenvalue weighted by molar-refractivity contribution is 6.31. The first-order valence-electron chi connectivity index (χ1n) is 6.18. The van der Waals surface area contributed by atoms with Crippen LogP contribution in [0, 0.1) is 12.7 Å². The summed E-state index contributed by atoms with van der Waals surface area (Å²) in [5.41, 5.74) is 2.02. The van der Waals surface area contributed by atoms with Gasteiger partial charge in [0.25, 0.3) is 0 Å². The standard InChI is InChI=1S/C16H12ClFO2/c1-9-12(3-2-4-13(9)17)16(19)15-8-10-7-11(18)5-6-14(10)20-15/h2-8,16,19H,1H3. The van der Waals surface area contributed by atoms with E-state index in [0.29, 0.717) is 27.3 Å². The van der Waals surface area contributed by atoms with Gasteiger partial charge in [-0.1, -0.05) is 23.7 Å². The fourth-order valence-electron chi connectivity index (χ4n) is 2.24. The van der Waals surface area contributed by atoms with Gasteiger partial charge in [-0.2, -0.15) is 0 Å². The first-order valence-corrected chi connectivity index (χ1v) is 6.56. The lowest BCUT2D eigenvalue weighted by Crippen LogP contribution is -2.00. The molecule has 1 N–H and O–H groups in total. The second kappa shape index (κ2) is 4.93. The third-order valence-corrected chi connectivity index (χ3v) is 3.78. The molecule has 3 rings (SSSR count). The van der Waals surface area contributed by atoms with Crippen LogP contribution in [-0.4, -0.2) is 5.11 Å². The minimum atomic E-state index is -0.927. The van der Waals surface area contributed by atoms with E-state index in [1.165, 1.54) is 12.1 Å². The predicted molar refractivity (Wildman–Crippen MR) is 76.4 cm³/mol. The van der Waals surface area contributed by atoms with Crippen LogP contribution in [0.1, 0.15) is 23.0 Å². The Kier molecular flexibility index (Phi) is 3.24. The van der Waals surface area contributed by atoms with Crippen LogP contribution in [0.5, 0.6) is 0 Å². The number of aliphatic hydroxyl groups excluding tert-OH is 1. The summed E-state index contributed by atoms with van der Waals surface area (Å²) in [6, 6.07) is 11.2. The van der Waals surface area contributed by atoms with Crippen LogP contribution < -0.4 is 0 Å². The van der Waals surface area contributed by atoms with Crippen molar-refractivity contribution in [2.24, 2.45) is 0 Å². The molecule has 1 heterocycles. The molecule has 2 aromatic carbocycles. The highest BCUT2D eigenvalue weighted by Crippen LogP contribution is 2.32. The van der Waals surface area contributed by atoms with Crippen LogP contribution in [0.15, 0.2) is 46.9 Å². The van der Waals surface area contributed by atoms with E-state index in [9.17, 15) is 9.50 Å². The second-order valence-electron chi connectivity index (χ2n) is 4.69. The second-order valence-corrected chi connectivity index (χ2v) is 5.09. The molecule has 1 unspecified atom stereocenters. The van der Waals surface area contributed by atoms with E-state index in [0.717, 1.165) is 5.56 Å². The van der Waals surface area contributed by atoms with Crippen molar-refractivity contribution < 1.29 is 13.9 Å². The van der Waals surface area contributed by atoms with Gasteiger partial charge in [0.2, 0.25) is 0 Å². The van der Waals surface area contributed by atoms with Crippen LogP contribution in [0.3, 0.4) is 0 Å². The average Bonchev–Trinajstić information content (AvgIpc) is 2.84. The summed E-state index contributed by atoms with van der Waals surface area (Å²) in [5, 5.41) is 11.6. The van der Waals surface area contributed by atoms with Crippen LogP contribution in [-0.2, 0) is 0 Å². The zero-order valence-corrected chi connectivity index (χ0v) is 11.5. The monoisotopic (exact) mass is 290 g/mol. The van der Waals surface area contributed by atoms with E-state index in [1.54, 1.807) is 30.3 Å². The number of aliphatic hydroxyl groups is 1. The molecule has 4 heteroatoms. The Morgan fingerprint density at radius 1 is 1.20 bits per heavy atom. The molecule has 0 spiro atoms. The first-order chi connectivity index (χ1) is 9.56. The van der Waals surface area contributed by atoms with Gasteiger partial charge in [-0.15, -0.1) is 0 Å². The van der Waals surface area contributed by atoms with Crippen molar-refractivity contribution in [3.63, 3.8) is 0 Å². The zero-order chi connectivity index (χ0) is 14.3. The van der Waals surface area contributed by atoms with Gasteiger partial charge >= 0.3 is 0 Å². The molecule has 0 aliphatic carbocycles. The molecule has 0 fully saturated rings. The summed E-state index contributed by atoms with van der Waals surface area (Å²) < 4.78 is 18.7. The number of furan rings is 1. The molecule has 0 radical (unpaired) electrons. The highest BCUT2D eigenvalue weighted by atomic mass is 35.5. The van der Waals surface area contributed by atoms with Gasteiger partial charge in [0.15, 0.2) is 0 Å². The van der Waals surface area contributed by atoms with E-state index >= 15 is 0 Å². The summed E-state index contributed by atoms with van der Waals surface area (Å²) in [7, 11) is 0. The number of rotatable bonds is 2. The zero-order valence-electron chi connectivity index (χ0n) is 10.7. The van der Waals surface area contributed by atoms with E-state index in [-0.39, 0.29) is 5.82 Å². The fraction of sp³-hybridized carbons (Fsp3) is 0.125. The Bertz CT molecular complexity index is 779. The Morgan fingerprint density at radius 3 is 2.80 bits per heavy atom. The number of hydrogen-bond acceptors (Lipinski definition) is 2. The van der Waals surface area contributed by atoms with Gasteiger partial charge in [0, 0.05) is 10.4 Å². The maximum Gasteiger partial charge on any atom is 0.138 e. The van der Waals surface area contributed by atoms with Crippen molar-refractivity contribution in [3.8, 4) is 0 Å². The minimum absolute atomic E-state index is 0.335. The van der Waals surface area contributed by atoms with Gasteiger partial charge in [0.1, 0.15) is 23.3 Å². The van der Waals surface area contributed by atoms with E-state index in [2.05, 4.69) is 0 Å². The van der Waals surface area contributed by atoms with Gasteiger partial charge in [-0.3, -0.25) is 0 Å². The molecule has 0 aliphatic rings. The Hall–Kier alpha value is -1.84. The van der Waals surface area contributed by atoms with Gasteiger partial charge in [0.05, 0.1) is 0 Å². The van der Waals surface area contributed by atoms with Crippen molar-refractivity contribution in [3.05, 3.63) is 70.2 Å². The van der Waals surface area contributed by atoms with Crippen LogP contribution in [0.25, 0.3) is 11.0 Å². The molecule has 0 aliphatic heterocycles. The maximum atomic E-state index is 13.2. The lowest BCUT2D eigenvalue weighted by atomic mass is 10.0. The first kappa shape index (κ1) is 13.2. The van der Waals surface area contributed by atoms with Crippen LogP contribution in [0.4, 0.5) is 4.39 Å². The molecule has 0 saturated carbocycles. The Balaban J connectivity index is 2.08. The maximum absolute atomic E-state index is 13.2. The highest BCUT2D eigenvalue weighted by Gasteiger charge is 2.18. The molecule has 0 saturated heterocycles. The summed E-state index contributed by atoms with van der Waals surface area (Å²) in [5.74, 6) is 0.0363. The summed E-state index contributed by atoms with van der Waals surface area (Å²) in [6.07, 6.45) is -0.927. The lowest BCUT2D eigenvalue weighted by molar-refractivity contribution is 0.191. The van der Waals surface area contributed by atoms with E-state index < -0.39 is 6.10 Å². The summed E-state index contributed by atoms with van der Waals surface area (Å²) in [6.45, 7) is 1.84. The Morgan fingerprint density at radius 2 is 2.00 bits per heavy atom. The molecule has 3 aromatic rings. The molecular formula is C16H12ClFO2. The number of hydrogen-bond donors (Lipinski definition) is 1. The number of halogens is 2. The topological polar surface area (TPSA) is 33.4 Å². The van der Waals surface area contributed by atoms with Crippen LogP contribution >= 0.6 is 11.6 Å². The van der Waals surface area contributed by atoms with Crippen molar-refractivity contribution in [1.82, 2.24) is 0 Å². The lowest BCUT2D eigenvalue weighted by Gasteiger charge is -2.12. The molecule has 20 heavy (non-hydrogen) atoms. The molecule has 102 valence electrons. The predicted octanol–water partition coefficient (Wildman–Crippen LogP) is 4.62. The van der Waals surface area contributed by atoms with Crippen LogP contribution in [0.2, 0.25) is 5.02 Å². The molecule has 0 bridgehead atoms. The smallest absolute Gasteiger partial charge is 0.138 e. The number of fused-ring (bicyclic) bond motifs is 1. The number of benzene rings is 2. The van der Waals surface area contributed by atoms with Gasteiger partial charge in [-0.05, 0) is 48.4 Å². The van der Waals surface area contributed by atoms with Crippen molar-refractivity contribution >= 4 is 22.6 Å². The largest absolute Gasteiger partial charge is 0.458 e. The third kappa shape index (κ3) is 2.19.